The molecule has 0 spiro atoms. The summed E-state index contributed by atoms with van der Waals surface area (Å²) in [6, 6.07) is 4.65. The SMILES string of the molecule is CCOC(=O)OC1=Nc2cccc(C=C[N+](=O)[O-])c2C1=O. The van der Waals surface area contributed by atoms with Gasteiger partial charge in [0.15, 0.2) is 0 Å². The largest absolute Gasteiger partial charge is 0.515 e. The van der Waals surface area contributed by atoms with Crippen LogP contribution in [0.5, 0.6) is 0 Å². The van der Waals surface area contributed by atoms with E-state index < -0.39 is 22.8 Å². The number of fused-ring (bicyclic) bond motifs is 1. The molecular formula is C13H10N2O6. The molecular weight excluding hydrogens is 280 g/mol. The van der Waals surface area contributed by atoms with Gasteiger partial charge in [-0.1, -0.05) is 12.1 Å². The molecule has 0 bridgehead atoms. The summed E-state index contributed by atoms with van der Waals surface area (Å²) in [5.74, 6) is -1.04. The zero-order valence-corrected chi connectivity index (χ0v) is 10.9. The molecule has 0 N–H and O–H groups in total. The van der Waals surface area contributed by atoms with Gasteiger partial charge in [0.25, 0.3) is 11.7 Å². The van der Waals surface area contributed by atoms with Crippen LogP contribution in [0.1, 0.15) is 22.8 Å². The smallest absolute Gasteiger partial charge is 0.434 e. The summed E-state index contributed by atoms with van der Waals surface area (Å²) in [6.07, 6.45) is 0.868. The van der Waals surface area contributed by atoms with Gasteiger partial charge in [-0.05, 0) is 18.6 Å². The minimum atomic E-state index is -1.03. The Labute approximate surface area is 118 Å². The van der Waals surface area contributed by atoms with Gasteiger partial charge in [0.1, 0.15) is 0 Å². The van der Waals surface area contributed by atoms with E-state index in [1.165, 1.54) is 18.2 Å². The normalized spacial score (nSPS) is 13.0. The van der Waals surface area contributed by atoms with Crippen molar-refractivity contribution in [2.45, 2.75) is 6.92 Å². The Morgan fingerprint density at radius 2 is 2.24 bits per heavy atom. The molecule has 0 atom stereocenters. The summed E-state index contributed by atoms with van der Waals surface area (Å²) >= 11 is 0. The molecule has 8 heteroatoms. The predicted molar refractivity (Wildman–Crippen MR) is 72.0 cm³/mol. The summed E-state index contributed by atoms with van der Waals surface area (Å²) in [7, 11) is 0. The first-order valence-corrected chi connectivity index (χ1v) is 5.95. The molecule has 0 aliphatic carbocycles. The van der Waals surface area contributed by atoms with Crippen LogP contribution in [0.2, 0.25) is 0 Å². The van der Waals surface area contributed by atoms with E-state index in [-0.39, 0.29) is 17.9 Å². The van der Waals surface area contributed by atoms with Crippen molar-refractivity contribution in [1.82, 2.24) is 0 Å². The van der Waals surface area contributed by atoms with Crippen LogP contribution in [-0.4, -0.2) is 29.4 Å². The van der Waals surface area contributed by atoms with Gasteiger partial charge in [0, 0.05) is 6.08 Å². The first kappa shape index (κ1) is 14.4. The Bertz CT molecular complexity index is 677. The second kappa shape index (κ2) is 5.95. The van der Waals surface area contributed by atoms with Gasteiger partial charge in [-0.3, -0.25) is 14.9 Å². The van der Waals surface area contributed by atoms with E-state index in [1.54, 1.807) is 13.0 Å². The standard InChI is InChI=1S/C13H10N2O6/c1-2-20-13(17)21-12-11(16)10-8(6-7-15(18)19)4-3-5-9(10)14-12/h3-7H,2H2,1H3. The number of rotatable bonds is 3. The number of carbonyl (C=O) groups is 2. The van der Waals surface area contributed by atoms with E-state index in [0.717, 1.165) is 0 Å². The van der Waals surface area contributed by atoms with E-state index in [0.29, 0.717) is 11.8 Å². The number of aliphatic imine (C=N–C) groups is 1. The van der Waals surface area contributed by atoms with Gasteiger partial charge in [-0.2, -0.15) is 0 Å². The molecule has 1 heterocycles. The number of Topliss-reactive ketones (excluding diaryl/α,β-unsaturated/α-hetero) is 1. The number of nitro groups is 1. The molecule has 1 aliphatic heterocycles. The molecule has 21 heavy (non-hydrogen) atoms. The van der Waals surface area contributed by atoms with Crippen molar-refractivity contribution in [1.29, 1.82) is 0 Å². The molecule has 1 aromatic rings. The van der Waals surface area contributed by atoms with Crippen LogP contribution in [-0.2, 0) is 9.47 Å². The van der Waals surface area contributed by atoms with Crippen LogP contribution in [0.3, 0.4) is 0 Å². The molecule has 0 unspecified atom stereocenters. The molecule has 0 fully saturated rings. The molecule has 8 nitrogen and oxygen atoms in total. The molecule has 108 valence electrons. The fourth-order valence-electron chi connectivity index (χ4n) is 1.74. The Hall–Kier alpha value is -3.03. The minimum absolute atomic E-state index is 0.101. The van der Waals surface area contributed by atoms with Crippen molar-refractivity contribution in [3.8, 4) is 0 Å². The average molecular weight is 290 g/mol. The minimum Gasteiger partial charge on any atom is -0.434 e. The van der Waals surface area contributed by atoms with Crippen molar-refractivity contribution >= 4 is 29.6 Å². The van der Waals surface area contributed by atoms with Crippen molar-refractivity contribution in [3.63, 3.8) is 0 Å². The third-order valence-electron chi connectivity index (χ3n) is 2.54. The number of nitrogens with zero attached hydrogens (tertiary/aromatic N) is 2. The molecule has 0 radical (unpaired) electrons. The topological polar surface area (TPSA) is 108 Å². The fraction of sp³-hybridized carbons (Fsp3) is 0.154. The van der Waals surface area contributed by atoms with Crippen LogP contribution in [0.15, 0.2) is 29.4 Å². The first-order valence-electron chi connectivity index (χ1n) is 5.95. The molecule has 0 amide bonds. The second-order valence-electron chi connectivity index (χ2n) is 3.87. The molecule has 1 aromatic carbocycles. The second-order valence-corrected chi connectivity index (χ2v) is 3.87. The molecule has 0 saturated carbocycles. The summed E-state index contributed by atoms with van der Waals surface area (Å²) < 4.78 is 9.27. The van der Waals surface area contributed by atoms with Crippen molar-refractivity contribution in [2.75, 3.05) is 6.61 Å². The van der Waals surface area contributed by atoms with Gasteiger partial charge in [-0.25, -0.2) is 9.79 Å². The summed E-state index contributed by atoms with van der Waals surface area (Å²) in [4.78, 5) is 36.9. The lowest BCUT2D eigenvalue weighted by Crippen LogP contribution is -2.19. The molecule has 0 saturated heterocycles. The quantitative estimate of drug-likeness (QED) is 0.480. The third-order valence-corrected chi connectivity index (χ3v) is 2.54. The zero-order valence-electron chi connectivity index (χ0n) is 10.9. The van der Waals surface area contributed by atoms with Crippen molar-refractivity contribution in [2.24, 2.45) is 4.99 Å². The highest BCUT2D eigenvalue weighted by atomic mass is 16.7. The van der Waals surface area contributed by atoms with Gasteiger partial charge in [0.2, 0.25) is 6.20 Å². The monoisotopic (exact) mass is 290 g/mol. The zero-order chi connectivity index (χ0) is 15.4. The van der Waals surface area contributed by atoms with E-state index in [9.17, 15) is 19.7 Å². The number of ketones is 1. The van der Waals surface area contributed by atoms with Crippen LogP contribution in [0.25, 0.3) is 6.08 Å². The Morgan fingerprint density at radius 3 is 2.90 bits per heavy atom. The number of benzene rings is 1. The van der Waals surface area contributed by atoms with Crippen LogP contribution < -0.4 is 0 Å². The van der Waals surface area contributed by atoms with Crippen LogP contribution in [0.4, 0.5) is 10.5 Å². The summed E-state index contributed by atoms with van der Waals surface area (Å²) in [5.41, 5.74) is 0.750. The first-order chi connectivity index (χ1) is 10.0. The number of hydrogen-bond donors (Lipinski definition) is 0. The van der Waals surface area contributed by atoms with Gasteiger partial charge < -0.3 is 9.47 Å². The van der Waals surface area contributed by atoms with E-state index in [2.05, 4.69) is 9.73 Å². The summed E-state index contributed by atoms with van der Waals surface area (Å²) in [5, 5.41) is 10.4. The van der Waals surface area contributed by atoms with Gasteiger partial charge in [0.05, 0.1) is 22.8 Å². The van der Waals surface area contributed by atoms with E-state index in [1.807, 2.05) is 0 Å². The van der Waals surface area contributed by atoms with Crippen molar-refractivity contribution < 1.29 is 24.0 Å². The lowest BCUT2D eigenvalue weighted by molar-refractivity contribution is -0.400. The summed E-state index contributed by atoms with van der Waals surface area (Å²) in [6.45, 7) is 1.69. The van der Waals surface area contributed by atoms with E-state index in [4.69, 9.17) is 4.74 Å². The Balaban J connectivity index is 2.28. The van der Waals surface area contributed by atoms with Gasteiger partial charge in [-0.15, -0.1) is 0 Å². The molecule has 2 rings (SSSR count). The van der Waals surface area contributed by atoms with Gasteiger partial charge >= 0.3 is 6.16 Å². The number of ether oxygens (including phenoxy) is 2. The van der Waals surface area contributed by atoms with Crippen LogP contribution in [0, 0.1) is 10.1 Å². The fourth-order valence-corrected chi connectivity index (χ4v) is 1.74. The van der Waals surface area contributed by atoms with Crippen molar-refractivity contribution in [3.05, 3.63) is 45.6 Å². The average Bonchev–Trinajstić information content (AvgIpc) is 2.74. The highest BCUT2D eigenvalue weighted by molar-refractivity contribution is 6.48. The maximum Gasteiger partial charge on any atom is 0.515 e. The van der Waals surface area contributed by atoms with E-state index >= 15 is 0 Å². The Morgan fingerprint density at radius 1 is 1.48 bits per heavy atom. The lowest BCUT2D eigenvalue weighted by Gasteiger charge is -2.02. The maximum atomic E-state index is 12.1. The molecule has 1 aliphatic rings. The lowest BCUT2D eigenvalue weighted by atomic mass is 10.0. The maximum absolute atomic E-state index is 12.1. The number of carbonyl (C=O) groups excluding carboxylic acids is 2. The highest BCUT2D eigenvalue weighted by Crippen LogP contribution is 2.30. The third kappa shape index (κ3) is 3.11. The number of hydrogen-bond acceptors (Lipinski definition) is 7. The Kier molecular flexibility index (Phi) is 4.07. The van der Waals surface area contributed by atoms with Crippen LogP contribution >= 0.6 is 0 Å². The molecule has 0 aromatic heterocycles. The predicted octanol–water partition coefficient (Wildman–Crippen LogP) is 2.33. The highest BCUT2D eigenvalue weighted by Gasteiger charge is 2.30.